The van der Waals surface area contributed by atoms with Crippen molar-refractivity contribution in [2.75, 3.05) is 13.1 Å². The summed E-state index contributed by atoms with van der Waals surface area (Å²) >= 11 is 0. The lowest BCUT2D eigenvalue weighted by Gasteiger charge is -2.32. The maximum absolute atomic E-state index is 13.6. The Morgan fingerprint density at radius 1 is 1.17 bits per heavy atom. The largest absolute Gasteiger partial charge is 0.472 e. The van der Waals surface area contributed by atoms with Gasteiger partial charge in [-0.3, -0.25) is 9.59 Å². The molecular weight excluding hydrogens is 318 g/mol. The van der Waals surface area contributed by atoms with Crippen molar-refractivity contribution in [1.29, 1.82) is 0 Å². The number of rotatable bonds is 3. The molecule has 1 aliphatic rings. The number of likely N-dealkylation sites (tertiary alicyclic amines) is 1. The first kappa shape index (κ1) is 16.2. The number of hydrogen-bond donors (Lipinski definition) is 1. The van der Waals surface area contributed by atoms with Gasteiger partial charge in [-0.2, -0.15) is 0 Å². The number of carbonyl (C=O) groups excluding carboxylic acids is 2. The number of halogens is 2. The second-order valence-corrected chi connectivity index (χ2v) is 5.68. The molecule has 3 rings (SSSR count). The molecule has 0 unspecified atom stereocenters. The van der Waals surface area contributed by atoms with E-state index < -0.39 is 17.5 Å². The van der Waals surface area contributed by atoms with Crippen LogP contribution in [0.4, 0.5) is 8.78 Å². The van der Waals surface area contributed by atoms with Gasteiger partial charge in [0.1, 0.15) is 17.9 Å². The summed E-state index contributed by atoms with van der Waals surface area (Å²) in [5.41, 5.74) is 0.305. The Morgan fingerprint density at radius 3 is 2.54 bits per heavy atom. The third kappa shape index (κ3) is 3.45. The molecule has 1 saturated heterocycles. The number of nitrogens with zero attached hydrogens (tertiary/aromatic N) is 1. The summed E-state index contributed by atoms with van der Waals surface area (Å²) < 4.78 is 31.4. The lowest BCUT2D eigenvalue weighted by atomic mass is 10.0. The Hall–Kier alpha value is -2.70. The van der Waals surface area contributed by atoms with Gasteiger partial charge >= 0.3 is 0 Å². The third-order valence-corrected chi connectivity index (χ3v) is 4.06. The minimum atomic E-state index is -0.889. The smallest absolute Gasteiger partial charge is 0.257 e. The molecule has 7 heteroatoms. The maximum Gasteiger partial charge on any atom is 0.257 e. The van der Waals surface area contributed by atoms with Gasteiger partial charge in [-0.15, -0.1) is 0 Å². The molecule has 1 aliphatic heterocycles. The summed E-state index contributed by atoms with van der Waals surface area (Å²) in [4.78, 5) is 25.9. The molecule has 0 aliphatic carbocycles. The quantitative estimate of drug-likeness (QED) is 0.938. The number of hydrogen-bond acceptors (Lipinski definition) is 3. The van der Waals surface area contributed by atoms with Gasteiger partial charge in [0.2, 0.25) is 0 Å². The summed E-state index contributed by atoms with van der Waals surface area (Å²) in [6.45, 7) is 0.974. The average molecular weight is 334 g/mol. The molecule has 0 radical (unpaired) electrons. The van der Waals surface area contributed by atoms with Crippen LogP contribution in [0.1, 0.15) is 33.6 Å². The molecule has 126 valence electrons. The van der Waals surface area contributed by atoms with Crippen LogP contribution in [0.3, 0.4) is 0 Å². The maximum atomic E-state index is 13.6. The van der Waals surface area contributed by atoms with E-state index in [1.165, 1.54) is 12.5 Å². The first-order valence-corrected chi connectivity index (χ1v) is 7.62. The highest BCUT2D eigenvalue weighted by molar-refractivity contribution is 5.95. The molecule has 5 nitrogen and oxygen atoms in total. The number of carbonyl (C=O) groups is 2. The molecule has 2 amide bonds. The van der Waals surface area contributed by atoms with Gasteiger partial charge in [0.25, 0.3) is 11.8 Å². The Morgan fingerprint density at radius 2 is 1.92 bits per heavy atom. The van der Waals surface area contributed by atoms with Crippen molar-refractivity contribution in [3.05, 3.63) is 59.6 Å². The van der Waals surface area contributed by atoms with Crippen molar-refractivity contribution in [2.24, 2.45) is 0 Å². The second-order valence-electron chi connectivity index (χ2n) is 5.68. The van der Waals surface area contributed by atoms with E-state index in [0.29, 0.717) is 37.6 Å². The lowest BCUT2D eigenvalue weighted by Crippen LogP contribution is -2.46. The Bertz CT molecular complexity index is 738. The predicted octanol–water partition coefficient (Wildman–Crippen LogP) is 2.59. The molecule has 24 heavy (non-hydrogen) atoms. The fourth-order valence-corrected chi connectivity index (χ4v) is 2.73. The molecule has 0 atom stereocenters. The van der Waals surface area contributed by atoms with Crippen molar-refractivity contribution >= 4 is 11.8 Å². The molecule has 2 heterocycles. The third-order valence-electron chi connectivity index (χ3n) is 4.06. The summed E-state index contributed by atoms with van der Waals surface area (Å²) in [6, 6.07) is 4.30. The van der Waals surface area contributed by atoms with E-state index in [-0.39, 0.29) is 17.5 Å². The normalized spacial score (nSPS) is 15.3. The van der Waals surface area contributed by atoms with E-state index in [4.69, 9.17) is 4.42 Å². The molecular formula is C17H16F2N2O3. The van der Waals surface area contributed by atoms with E-state index in [1.807, 2.05) is 0 Å². The number of furan rings is 1. The second kappa shape index (κ2) is 6.82. The van der Waals surface area contributed by atoms with E-state index in [1.54, 1.807) is 11.0 Å². The lowest BCUT2D eigenvalue weighted by molar-refractivity contribution is 0.0697. The monoisotopic (exact) mass is 334 g/mol. The van der Waals surface area contributed by atoms with Crippen LogP contribution in [0.25, 0.3) is 0 Å². The van der Waals surface area contributed by atoms with E-state index >= 15 is 0 Å². The molecule has 0 saturated carbocycles. The fourth-order valence-electron chi connectivity index (χ4n) is 2.73. The Balaban J connectivity index is 1.55. The van der Waals surface area contributed by atoms with Crippen LogP contribution in [-0.2, 0) is 0 Å². The van der Waals surface area contributed by atoms with Crippen LogP contribution in [0.15, 0.2) is 41.2 Å². The SMILES string of the molecule is O=C(NC1CCN(C(=O)c2ccoc2)CC1)c1ccc(F)cc1F. The van der Waals surface area contributed by atoms with E-state index in [2.05, 4.69) is 5.32 Å². The zero-order valence-corrected chi connectivity index (χ0v) is 12.8. The highest BCUT2D eigenvalue weighted by Gasteiger charge is 2.26. The van der Waals surface area contributed by atoms with Gasteiger partial charge in [0.05, 0.1) is 17.4 Å². The Kier molecular flexibility index (Phi) is 4.59. The minimum Gasteiger partial charge on any atom is -0.472 e. The van der Waals surface area contributed by atoms with Gasteiger partial charge in [-0.25, -0.2) is 8.78 Å². The van der Waals surface area contributed by atoms with Crippen molar-refractivity contribution in [3.8, 4) is 0 Å². The van der Waals surface area contributed by atoms with Gasteiger partial charge in [0, 0.05) is 25.2 Å². The van der Waals surface area contributed by atoms with Gasteiger partial charge < -0.3 is 14.6 Å². The fraction of sp³-hybridized carbons (Fsp3) is 0.294. The standard InChI is InChI=1S/C17H16F2N2O3/c18-12-1-2-14(15(19)9-12)16(22)20-13-3-6-21(7-4-13)17(23)11-5-8-24-10-11/h1-2,5,8-10,13H,3-4,6-7H2,(H,20,22). The van der Waals surface area contributed by atoms with Crippen molar-refractivity contribution < 1.29 is 22.8 Å². The van der Waals surface area contributed by atoms with Gasteiger partial charge in [0.15, 0.2) is 0 Å². The van der Waals surface area contributed by atoms with Crippen LogP contribution in [-0.4, -0.2) is 35.8 Å². The van der Waals surface area contributed by atoms with Crippen LogP contribution in [0.2, 0.25) is 0 Å². The molecule has 0 bridgehead atoms. The topological polar surface area (TPSA) is 62.6 Å². The van der Waals surface area contributed by atoms with Crippen LogP contribution in [0, 0.1) is 11.6 Å². The molecule has 2 aromatic rings. The predicted molar refractivity (Wildman–Crippen MR) is 81.5 cm³/mol. The van der Waals surface area contributed by atoms with Crippen LogP contribution >= 0.6 is 0 Å². The van der Waals surface area contributed by atoms with Gasteiger partial charge in [-0.1, -0.05) is 0 Å². The van der Waals surface area contributed by atoms with Crippen molar-refractivity contribution in [3.63, 3.8) is 0 Å². The van der Waals surface area contributed by atoms with E-state index in [9.17, 15) is 18.4 Å². The van der Waals surface area contributed by atoms with Crippen molar-refractivity contribution in [1.82, 2.24) is 10.2 Å². The summed E-state index contributed by atoms with van der Waals surface area (Å²) in [5.74, 6) is -2.31. The Labute approximate surface area is 137 Å². The number of nitrogens with one attached hydrogen (secondary N) is 1. The summed E-state index contributed by atoms with van der Waals surface area (Å²) in [7, 11) is 0. The summed E-state index contributed by atoms with van der Waals surface area (Å²) in [6.07, 6.45) is 3.97. The summed E-state index contributed by atoms with van der Waals surface area (Å²) in [5, 5.41) is 2.73. The van der Waals surface area contributed by atoms with Crippen molar-refractivity contribution in [2.45, 2.75) is 18.9 Å². The first-order chi connectivity index (χ1) is 11.5. The number of benzene rings is 1. The molecule has 1 fully saturated rings. The van der Waals surface area contributed by atoms with E-state index in [0.717, 1.165) is 12.1 Å². The highest BCUT2D eigenvalue weighted by Crippen LogP contribution is 2.16. The highest BCUT2D eigenvalue weighted by atomic mass is 19.1. The van der Waals surface area contributed by atoms with Gasteiger partial charge in [-0.05, 0) is 31.0 Å². The molecule has 1 aromatic carbocycles. The minimum absolute atomic E-state index is 0.113. The zero-order valence-electron chi connectivity index (χ0n) is 12.8. The first-order valence-electron chi connectivity index (χ1n) is 7.62. The van der Waals surface area contributed by atoms with Crippen LogP contribution < -0.4 is 5.32 Å². The zero-order chi connectivity index (χ0) is 17.1. The average Bonchev–Trinajstić information content (AvgIpc) is 3.09. The number of amides is 2. The van der Waals surface area contributed by atoms with Crippen LogP contribution in [0.5, 0.6) is 0 Å². The molecule has 1 N–H and O–H groups in total. The number of piperidine rings is 1. The molecule has 0 spiro atoms. The molecule has 1 aromatic heterocycles.